The zero-order chi connectivity index (χ0) is 10.0. The molecule has 2 aliphatic rings. The molecule has 0 unspecified atom stereocenters. The monoisotopic (exact) mass is 220 g/mol. The van der Waals surface area contributed by atoms with Crippen molar-refractivity contribution in [3.05, 3.63) is 0 Å². The van der Waals surface area contributed by atoms with Gasteiger partial charge < -0.3 is 10.1 Å². The molecule has 14 heavy (non-hydrogen) atoms. The van der Waals surface area contributed by atoms with Crippen LogP contribution >= 0.6 is 0 Å². The van der Waals surface area contributed by atoms with Gasteiger partial charge in [0.15, 0.2) is 0 Å². The van der Waals surface area contributed by atoms with E-state index in [9.17, 15) is 8.42 Å². The molecule has 1 atom stereocenters. The summed E-state index contributed by atoms with van der Waals surface area (Å²) in [7, 11) is -3.07. The minimum absolute atomic E-state index is 0.222. The molecule has 2 heterocycles. The number of rotatable bonds is 2. The Bertz CT molecular complexity index is 279. The first-order valence-electron chi connectivity index (χ1n) is 4.99. The smallest absolute Gasteiger partial charge is 0.218 e. The predicted octanol–water partition coefficient (Wildman–Crippen LogP) is -0.990. The number of hydrogen-bond donors (Lipinski definition) is 1. The van der Waals surface area contributed by atoms with Gasteiger partial charge in [-0.2, -0.15) is 4.31 Å². The van der Waals surface area contributed by atoms with Gasteiger partial charge in [0, 0.05) is 19.6 Å². The van der Waals surface area contributed by atoms with E-state index < -0.39 is 10.0 Å². The lowest BCUT2D eigenvalue weighted by Gasteiger charge is -2.28. The van der Waals surface area contributed by atoms with Gasteiger partial charge >= 0.3 is 0 Å². The summed E-state index contributed by atoms with van der Waals surface area (Å²) in [6.45, 7) is 3.49. The summed E-state index contributed by atoms with van der Waals surface area (Å²) in [6, 6.07) is 0. The first-order valence-corrected chi connectivity index (χ1v) is 6.49. The molecule has 1 N–H and O–H groups in total. The summed E-state index contributed by atoms with van der Waals surface area (Å²) < 4.78 is 30.7. The normalized spacial score (nSPS) is 30.7. The van der Waals surface area contributed by atoms with Crippen molar-refractivity contribution in [1.29, 1.82) is 0 Å². The summed E-state index contributed by atoms with van der Waals surface area (Å²) in [5.74, 6) is 0. The van der Waals surface area contributed by atoms with Gasteiger partial charge in [0.1, 0.15) is 0 Å². The number of hydrogen-bond acceptors (Lipinski definition) is 4. The summed E-state index contributed by atoms with van der Waals surface area (Å²) in [4.78, 5) is 0. The molecule has 0 bridgehead atoms. The molecule has 0 spiro atoms. The van der Waals surface area contributed by atoms with Crippen LogP contribution < -0.4 is 5.32 Å². The lowest BCUT2D eigenvalue weighted by Crippen LogP contribution is -2.45. The van der Waals surface area contributed by atoms with Crippen LogP contribution in [0.1, 0.15) is 6.42 Å². The quantitative estimate of drug-likeness (QED) is 0.649. The highest BCUT2D eigenvalue weighted by Gasteiger charge is 2.34. The molecular weight excluding hydrogens is 204 g/mol. The first kappa shape index (κ1) is 10.4. The number of morpholine rings is 1. The van der Waals surface area contributed by atoms with Gasteiger partial charge in [-0.05, 0) is 13.0 Å². The zero-order valence-electron chi connectivity index (χ0n) is 8.11. The van der Waals surface area contributed by atoms with Crippen molar-refractivity contribution in [2.24, 2.45) is 0 Å². The highest BCUT2D eigenvalue weighted by molar-refractivity contribution is 7.89. The number of nitrogens with one attached hydrogen (secondary N) is 1. The third-order valence-corrected chi connectivity index (χ3v) is 5.10. The SMILES string of the molecule is O=S(=O)([C@H]1CCNC1)N1CCOCC1. The average molecular weight is 220 g/mol. The van der Waals surface area contributed by atoms with Crippen molar-refractivity contribution in [1.82, 2.24) is 9.62 Å². The van der Waals surface area contributed by atoms with E-state index in [0.29, 0.717) is 32.8 Å². The van der Waals surface area contributed by atoms with Gasteiger partial charge in [0.05, 0.1) is 18.5 Å². The van der Waals surface area contributed by atoms with Gasteiger partial charge in [0.25, 0.3) is 0 Å². The van der Waals surface area contributed by atoms with E-state index in [2.05, 4.69) is 5.32 Å². The topological polar surface area (TPSA) is 58.6 Å². The molecular formula is C8H16N2O3S. The van der Waals surface area contributed by atoms with Gasteiger partial charge in [-0.15, -0.1) is 0 Å². The molecule has 2 rings (SSSR count). The average Bonchev–Trinajstić information content (AvgIpc) is 2.72. The second-order valence-corrected chi connectivity index (χ2v) is 5.88. The van der Waals surface area contributed by atoms with E-state index in [-0.39, 0.29) is 5.25 Å². The van der Waals surface area contributed by atoms with Crippen LogP contribution in [0.15, 0.2) is 0 Å². The van der Waals surface area contributed by atoms with Gasteiger partial charge in [-0.3, -0.25) is 0 Å². The van der Waals surface area contributed by atoms with E-state index >= 15 is 0 Å². The Morgan fingerprint density at radius 3 is 2.57 bits per heavy atom. The van der Waals surface area contributed by atoms with E-state index in [1.54, 1.807) is 4.31 Å². The molecule has 2 aliphatic heterocycles. The number of ether oxygens (including phenoxy) is 1. The number of sulfonamides is 1. The lowest BCUT2D eigenvalue weighted by molar-refractivity contribution is 0.0726. The van der Waals surface area contributed by atoms with Gasteiger partial charge in [-0.1, -0.05) is 0 Å². The Balaban J connectivity index is 2.05. The molecule has 0 saturated carbocycles. The Hall–Kier alpha value is -0.170. The third-order valence-electron chi connectivity index (χ3n) is 2.77. The molecule has 82 valence electrons. The fourth-order valence-electron chi connectivity index (χ4n) is 1.89. The number of nitrogens with zero attached hydrogens (tertiary/aromatic N) is 1. The molecule has 2 saturated heterocycles. The first-order chi connectivity index (χ1) is 6.71. The van der Waals surface area contributed by atoms with E-state index in [4.69, 9.17) is 4.74 Å². The van der Waals surface area contributed by atoms with E-state index in [1.807, 2.05) is 0 Å². The summed E-state index contributed by atoms with van der Waals surface area (Å²) >= 11 is 0. The van der Waals surface area contributed by atoms with Crippen LogP contribution in [-0.2, 0) is 14.8 Å². The Morgan fingerprint density at radius 1 is 1.29 bits per heavy atom. The minimum Gasteiger partial charge on any atom is -0.379 e. The van der Waals surface area contributed by atoms with Crippen molar-refractivity contribution in [3.8, 4) is 0 Å². The molecule has 6 heteroatoms. The third kappa shape index (κ3) is 1.93. The van der Waals surface area contributed by atoms with Gasteiger partial charge in [0.2, 0.25) is 10.0 Å². The van der Waals surface area contributed by atoms with Crippen molar-refractivity contribution in [2.45, 2.75) is 11.7 Å². The molecule has 0 amide bonds. The zero-order valence-corrected chi connectivity index (χ0v) is 8.92. The standard InChI is InChI=1S/C8H16N2O3S/c11-14(12,8-1-2-9-7-8)10-3-5-13-6-4-10/h8-9H,1-7H2/t8-/m0/s1. The van der Waals surface area contributed by atoms with Crippen LogP contribution in [0.4, 0.5) is 0 Å². The highest BCUT2D eigenvalue weighted by atomic mass is 32.2. The van der Waals surface area contributed by atoms with Crippen molar-refractivity contribution < 1.29 is 13.2 Å². The lowest BCUT2D eigenvalue weighted by atomic mass is 10.4. The highest BCUT2D eigenvalue weighted by Crippen LogP contribution is 2.16. The molecule has 0 radical (unpaired) electrons. The van der Waals surface area contributed by atoms with E-state index in [0.717, 1.165) is 13.0 Å². The van der Waals surface area contributed by atoms with Crippen LogP contribution in [0.25, 0.3) is 0 Å². The maximum absolute atomic E-state index is 12.0. The molecule has 0 aromatic carbocycles. The predicted molar refractivity (Wildman–Crippen MR) is 52.6 cm³/mol. The Morgan fingerprint density at radius 2 is 2.00 bits per heavy atom. The largest absolute Gasteiger partial charge is 0.379 e. The molecule has 2 fully saturated rings. The molecule has 0 aliphatic carbocycles. The Kier molecular flexibility index (Phi) is 3.06. The maximum Gasteiger partial charge on any atom is 0.218 e. The van der Waals surface area contributed by atoms with Crippen LogP contribution in [0.3, 0.4) is 0 Å². The van der Waals surface area contributed by atoms with Crippen molar-refractivity contribution in [2.75, 3.05) is 39.4 Å². The Labute approximate surface area is 84.5 Å². The molecule has 0 aromatic rings. The second-order valence-electron chi connectivity index (χ2n) is 3.67. The van der Waals surface area contributed by atoms with Crippen LogP contribution in [0.2, 0.25) is 0 Å². The summed E-state index contributed by atoms with van der Waals surface area (Å²) in [5, 5.41) is 2.86. The van der Waals surface area contributed by atoms with E-state index in [1.165, 1.54) is 0 Å². The van der Waals surface area contributed by atoms with Crippen LogP contribution in [0.5, 0.6) is 0 Å². The minimum atomic E-state index is -3.07. The molecule has 5 nitrogen and oxygen atoms in total. The second kappa shape index (κ2) is 4.14. The van der Waals surface area contributed by atoms with Crippen LogP contribution in [0, 0.1) is 0 Å². The van der Waals surface area contributed by atoms with Crippen molar-refractivity contribution in [3.63, 3.8) is 0 Å². The maximum atomic E-state index is 12.0. The fourth-order valence-corrected chi connectivity index (χ4v) is 3.72. The molecule has 0 aromatic heterocycles. The van der Waals surface area contributed by atoms with Crippen LogP contribution in [-0.4, -0.2) is 57.4 Å². The van der Waals surface area contributed by atoms with Gasteiger partial charge in [-0.25, -0.2) is 8.42 Å². The summed E-state index contributed by atoms with van der Waals surface area (Å²) in [5.41, 5.74) is 0. The fraction of sp³-hybridized carbons (Fsp3) is 1.00. The van der Waals surface area contributed by atoms with Crippen molar-refractivity contribution >= 4 is 10.0 Å². The summed E-state index contributed by atoms with van der Waals surface area (Å²) in [6.07, 6.45) is 0.736.